The summed E-state index contributed by atoms with van der Waals surface area (Å²) in [6.45, 7) is 1.81. The molecule has 1 nitrogen and oxygen atoms in total. The zero-order valence-electron chi connectivity index (χ0n) is 15.6. The molecule has 0 unspecified atom stereocenters. The Hall–Kier alpha value is -3.12. The van der Waals surface area contributed by atoms with E-state index in [4.69, 9.17) is 0 Å². The number of anilines is 2. The van der Waals surface area contributed by atoms with Gasteiger partial charge in [-0.2, -0.15) is 0 Å². The second-order valence-electron chi connectivity index (χ2n) is 6.68. The van der Waals surface area contributed by atoms with Crippen molar-refractivity contribution in [2.45, 2.75) is 19.9 Å². The van der Waals surface area contributed by atoms with Crippen LogP contribution in [0.5, 0.6) is 0 Å². The van der Waals surface area contributed by atoms with Crippen molar-refractivity contribution >= 4 is 22.1 Å². The Morgan fingerprint density at radius 2 is 0.625 bits per heavy atom. The highest BCUT2D eigenvalue weighted by Gasteiger charge is 2.37. The standard InChI is InChI=1S/C19H7F12N/c1-3(2)32(19-16(30)13(27)12(26)14(28)17(19)31)18-9(23)5-4(8(22)15(18)29)6(20)10(24)11(25)7(5)21/h3H,1-2H3. The smallest absolute Gasteiger partial charge is 0.200 e. The normalized spacial score (nSPS) is 11.7. The molecule has 0 N–H and O–H groups in total. The monoisotopic (exact) mass is 477 g/mol. The number of hydrogen-bond acceptors (Lipinski definition) is 1. The van der Waals surface area contributed by atoms with Crippen molar-refractivity contribution in [1.29, 1.82) is 0 Å². The van der Waals surface area contributed by atoms with Crippen LogP contribution in [0, 0.1) is 69.8 Å². The molecule has 3 rings (SSSR count). The van der Waals surface area contributed by atoms with Crippen LogP contribution in [0.15, 0.2) is 0 Å². The van der Waals surface area contributed by atoms with Crippen molar-refractivity contribution in [1.82, 2.24) is 0 Å². The van der Waals surface area contributed by atoms with Gasteiger partial charge in [-0.1, -0.05) is 0 Å². The molecule has 0 bridgehead atoms. The molecule has 0 fully saturated rings. The lowest BCUT2D eigenvalue weighted by Gasteiger charge is -2.31. The van der Waals surface area contributed by atoms with E-state index in [0.717, 1.165) is 13.8 Å². The lowest BCUT2D eigenvalue weighted by atomic mass is 10.0. The van der Waals surface area contributed by atoms with E-state index in [2.05, 4.69) is 0 Å². The van der Waals surface area contributed by atoms with E-state index in [1.165, 1.54) is 0 Å². The van der Waals surface area contributed by atoms with Gasteiger partial charge in [0, 0.05) is 6.04 Å². The largest absolute Gasteiger partial charge is 0.329 e. The second kappa shape index (κ2) is 7.78. The first-order valence-electron chi connectivity index (χ1n) is 8.38. The summed E-state index contributed by atoms with van der Waals surface area (Å²) in [5.74, 6) is -30.6. The van der Waals surface area contributed by atoms with Crippen LogP contribution in [0.25, 0.3) is 10.8 Å². The molecule has 3 aromatic carbocycles. The molecule has 0 amide bonds. The summed E-state index contributed by atoms with van der Waals surface area (Å²) in [4.78, 5) is -0.262. The zero-order valence-corrected chi connectivity index (χ0v) is 15.6. The number of rotatable bonds is 3. The average Bonchev–Trinajstić information content (AvgIpc) is 2.74. The van der Waals surface area contributed by atoms with Gasteiger partial charge in [-0.3, -0.25) is 0 Å². The van der Waals surface area contributed by atoms with Crippen molar-refractivity contribution in [2.24, 2.45) is 0 Å². The van der Waals surface area contributed by atoms with Crippen LogP contribution in [-0.4, -0.2) is 6.04 Å². The van der Waals surface area contributed by atoms with Gasteiger partial charge in [0.2, 0.25) is 5.82 Å². The summed E-state index contributed by atoms with van der Waals surface area (Å²) < 4.78 is 169. The Balaban J connectivity index is 2.56. The highest BCUT2D eigenvalue weighted by Crippen LogP contribution is 2.43. The number of nitrogens with zero attached hydrogens (tertiary/aromatic N) is 1. The molecule has 0 saturated heterocycles. The molecule has 0 aliphatic carbocycles. The van der Waals surface area contributed by atoms with E-state index in [9.17, 15) is 48.3 Å². The third-order valence-corrected chi connectivity index (χ3v) is 4.50. The summed E-state index contributed by atoms with van der Waals surface area (Å²) in [5, 5.41) is -4.01. The number of benzene rings is 3. The van der Waals surface area contributed by atoms with E-state index in [1.54, 1.807) is 0 Å². The lowest BCUT2D eigenvalue weighted by Crippen LogP contribution is -2.31. The molecule has 32 heavy (non-hydrogen) atoms. The molecule has 13 heteroatoms. The molecule has 0 radical (unpaired) electrons. The quantitative estimate of drug-likeness (QED) is 0.222. The van der Waals surface area contributed by atoms with E-state index >= 15 is 4.39 Å². The summed E-state index contributed by atoms with van der Waals surface area (Å²) in [6.07, 6.45) is 0. The number of hydrogen-bond donors (Lipinski definition) is 0. The summed E-state index contributed by atoms with van der Waals surface area (Å²) in [5.41, 5.74) is -3.91. The Bertz CT molecular complexity index is 1260. The Labute approximate surface area is 170 Å². The Morgan fingerprint density at radius 3 is 1.03 bits per heavy atom. The first-order valence-corrected chi connectivity index (χ1v) is 8.38. The lowest BCUT2D eigenvalue weighted by molar-refractivity contribution is 0.378. The van der Waals surface area contributed by atoms with Crippen LogP contribution in [0.2, 0.25) is 0 Å². The van der Waals surface area contributed by atoms with Gasteiger partial charge in [0.15, 0.2) is 64.0 Å². The van der Waals surface area contributed by atoms with Gasteiger partial charge in [-0.25, -0.2) is 52.7 Å². The van der Waals surface area contributed by atoms with Crippen LogP contribution in [0.3, 0.4) is 0 Å². The van der Waals surface area contributed by atoms with Crippen molar-refractivity contribution in [3.05, 3.63) is 69.8 Å². The van der Waals surface area contributed by atoms with E-state index in [1.807, 2.05) is 0 Å². The molecule has 0 heterocycles. The molecule has 0 aliphatic rings. The molecule has 0 saturated carbocycles. The Morgan fingerprint density at radius 1 is 0.375 bits per heavy atom. The zero-order chi connectivity index (χ0) is 24.4. The van der Waals surface area contributed by atoms with Gasteiger partial charge in [-0.15, -0.1) is 0 Å². The fourth-order valence-corrected chi connectivity index (χ4v) is 3.12. The average molecular weight is 477 g/mol. The molecule has 0 aromatic heterocycles. The van der Waals surface area contributed by atoms with E-state index < -0.39 is 98.0 Å². The van der Waals surface area contributed by atoms with Crippen molar-refractivity contribution < 1.29 is 52.7 Å². The predicted octanol–water partition coefficient (Wildman–Crippen LogP) is 7.06. The molecular formula is C19H7F12N. The minimum absolute atomic E-state index is 0.262. The summed E-state index contributed by atoms with van der Waals surface area (Å²) >= 11 is 0. The maximum Gasteiger partial charge on any atom is 0.200 e. The number of fused-ring (bicyclic) bond motifs is 1. The van der Waals surface area contributed by atoms with E-state index in [0.29, 0.717) is 0 Å². The van der Waals surface area contributed by atoms with Crippen LogP contribution < -0.4 is 4.90 Å². The highest BCUT2D eigenvalue weighted by molar-refractivity contribution is 5.90. The molecule has 0 aliphatic heterocycles. The minimum atomic E-state index is -2.63. The summed E-state index contributed by atoms with van der Waals surface area (Å²) in [6, 6.07) is -1.61. The number of halogens is 12. The summed E-state index contributed by atoms with van der Waals surface area (Å²) in [7, 11) is 0. The SMILES string of the molecule is CC(C)N(c1c(F)c(F)c(F)c(F)c1F)c1c(F)c(F)c2c(F)c(F)c(F)c(F)c2c1F. The third-order valence-electron chi connectivity index (χ3n) is 4.50. The van der Waals surface area contributed by atoms with Crippen molar-refractivity contribution in [3.63, 3.8) is 0 Å². The third kappa shape index (κ3) is 3.05. The maximum absolute atomic E-state index is 15.1. The van der Waals surface area contributed by atoms with Crippen LogP contribution in [-0.2, 0) is 0 Å². The molecule has 0 spiro atoms. The van der Waals surface area contributed by atoms with Crippen molar-refractivity contribution in [2.75, 3.05) is 4.90 Å². The predicted molar refractivity (Wildman–Crippen MR) is 87.2 cm³/mol. The minimum Gasteiger partial charge on any atom is -0.329 e. The topological polar surface area (TPSA) is 3.24 Å². The first kappa shape index (κ1) is 23.5. The molecule has 0 atom stereocenters. The fraction of sp³-hybridized carbons (Fsp3) is 0.158. The van der Waals surface area contributed by atoms with Gasteiger partial charge < -0.3 is 4.90 Å². The molecule has 172 valence electrons. The van der Waals surface area contributed by atoms with Crippen molar-refractivity contribution in [3.8, 4) is 0 Å². The second-order valence-corrected chi connectivity index (χ2v) is 6.68. The van der Waals surface area contributed by atoms with Gasteiger partial charge in [-0.05, 0) is 13.8 Å². The molecular weight excluding hydrogens is 470 g/mol. The fourth-order valence-electron chi connectivity index (χ4n) is 3.12. The van der Waals surface area contributed by atoms with Gasteiger partial charge >= 0.3 is 0 Å². The van der Waals surface area contributed by atoms with E-state index in [-0.39, 0.29) is 4.90 Å². The van der Waals surface area contributed by atoms with Gasteiger partial charge in [0.05, 0.1) is 10.8 Å². The van der Waals surface area contributed by atoms with Gasteiger partial charge in [0.25, 0.3) is 0 Å². The Kier molecular flexibility index (Phi) is 5.72. The first-order chi connectivity index (χ1) is 14.7. The van der Waals surface area contributed by atoms with Crippen LogP contribution in [0.4, 0.5) is 64.1 Å². The van der Waals surface area contributed by atoms with Crippen LogP contribution >= 0.6 is 0 Å². The maximum atomic E-state index is 15.1. The van der Waals surface area contributed by atoms with Crippen LogP contribution in [0.1, 0.15) is 13.8 Å². The highest BCUT2D eigenvalue weighted by atomic mass is 19.2. The molecule has 3 aromatic rings. The van der Waals surface area contributed by atoms with Gasteiger partial charge in [0.1, 0.15) is 11.4 Å².